The van der Waals surface area contributed by atoms with Crippen molar-refractivity contribution in [1.29, 1.82) is 0 Å². The lowest BCUT2D eigenvalue weighted by molar-refractivity contribution is 0.0949. The molecule has 3 heterocycles. The predicted octanol–water partition coefficient (Wildman–Crippen LogP) is 3.28. The van der Waals surface area contributed by atoms with Crippen LogP contribution in [0.15, 0.2) is 29.6 Å². The summed E-state index contributed by atoms with van der Waals surface area (Å²) in [5.74, 6) is 2.33. The van der Waals surface area contributed by atoms with Crippen molar-refractivity contribution in [2.45, 2.75) is 52.3 Å². The molecular formula is C20H23N5O2S. The fourth-order valence-corrected chi connectivity index (χ4v) is 3.89. The van der Waals surface area contributed by atoms with Crippen LogP contribution in [0.25, 0.3) is 0 Å². The topological polar surface area (TPSA) is 81.9 Å². The number of amides is 1. The molecule has 3 aromatic rings. The predicted molar refractivity (Wildman–Crippen MR) is 106 cm³/mol. The molecule has 1 amide bonds. The maximum absolute atomic E-state index is 12.6. The summed E-state index contributed by atoms with van der Waals surface area (Å²) in [5, 5.41) is 14.5. The number of aromatic nitrogens is 4. The molecule has 0 atom stereocenters. The van der Waals surface area contributed by atoms with Crippen molar-refractivity contribution in [3.63, 3.8) is 0 Å². The third kappa shape index (κ3) is 4.39. The number of rotatable bonds is 6. The van der Waals surface area contributed by atoms with E-state index in [1.165, 1.54) is 6.42 Å². The van der Waals surface area contributed by atoms with Crippen LogP contribution >= 0.6 is 11.3 Å². The number of benzene rings is 1. The number of ether oxygens (including phenoxy) is 1. The number of carbonyl (C=O) groups excluding carboxylic acids is 1. The highest BCUT2D eigenvalue weighted by Gasteiger charge is 2.15. The number of carbonyl (C=O) groups is 1. The summed E-state index contributed by atoms with van der Waals surface area (Å²) in [6.45, 7) is 3.65. The molecule has 0 saturated carbocycles. The summed E-state index contributed by atoms with van der Waals surface area (Å²) in [5.41, 5.74) is 1.45. The summed E-state index contributed by atoms with van der Waals surface area (Å²) in [7, 11) is 0. The first kappa shape index (κ1) is 18.6. The van der Waals surface area contributed by atoms with Crippen LogP contribution in [0.3, 0.4) is 0 Å². The third-order valence-corrected chi connectivity index (χ3v) is 5.57. The van der Waals surface area contributed by atoms with Gasteiger partial charge < -0.3 is 14.6 Å². The van der Waals surface area contributed by atoms with Crippen LogP contribution in [0.5, 0.6) is 5.75 Å². The van der Waals surface area contributed by atoms with Gasteiger partial charge in [0.15, 0.2) is 5.82 Å². The van der Waals surface area contributed by atoms with Crippen molar-refractivity contribution in [2.24, 2.45) is 0 Å². The second-order valence-corrected chi connectivity index (χ2v) is 7.91. The molecule has 1 aliphatic heterocycles. The van der Waals surface area contributed by atoms with E-state index in [1.807, 2.05) is 24.4 Å². The molecule has 8 heteroatoms. The van der Waals surface area contributed by atoms with E-state index < -0.39 is 0 Å². The summed E-state index contributed by atoms with van der Waals surface area (Å²) in [6, 6.07) is 7.19. The smallest absolute Gasteiger partial charge is 0.251 e. The molecule has 0 bridgehead atoms. The molecule has 1 aliphatic rings. The van der Waals surface area contributed by atoms with Crippen molar-refractivity contribution in [2.75, 3.05) is 0 Å². The highest BCUT2D eigenvalue weighted by Crippen LogP contribution is 2.17. The lowest BCUT2D eigenvalue weighted by atomic mass is 10.2. The van der Waals surface area contributed by atoms with Gasteiger partial charge in [-0.2, -0.15) is 0 Å². The Labute approximate surface area is 167 Å². The van der Waals surface area contributed by atoms with E-state index in [1.54, 1.807) is 23.5 Å². The molecule has 1 aromatic carbocycles. The summed E-state index contributed by atoms with van der Waals surface area (Å²) < 4.78 is 7.91. The average molecular weight is 398 g/mol. The van der Waals surface area contributed by atoms with Crippen LogP contribution in [0.1, 0.15) is 52.0 Å². The summed E-state index contributed by atoms with van der Waals surface area (Å²) in [4.78, 5) is 17.0. The average Bonchev–Trinajstić information content (AvgIpc) is 3.22. The Hall–Kier alpha value is -2.74. The van der Waals surface area contributed by atoms with Crippen LogP contribution in [0.4, 0.5) is 0 Å². The molecule has 7 nitrogen and oxygen atoms in total. The van der Waals surface area contributed by atoms with Crippen LogP contribution in [0, 0.1) is 6.92 Å². The minimum absolute atomic E-state index is 0.152. The number of fused-ring (bicyclic) bond motifs is 1. The van der Waals surface area contributed by atoms with Gasteiger partial charge in [-0.15, -0.1) is 21.5 Å². The van der Waals surface area contributed by atoms with Crippen LogP contribution in [-0.4, -0.2) is 25.7 Å². The van der Waals surface area contributed by atoms with Crippen molar-refractivity contribution >= 4 is 17.2 Å². The Kier molecular flexibility index (Phi) is 5.66. The van der Waals surface area contributed by atoms with E-state index in [0.29, 0.717) is 24.5 Å². The molecule has 28 heavy (non-hydrogen) atoms. The maximum atomic E-state index is 12.6. The van der Waals surface area contributed by atoms with Crippen molar-refractivity contribution in [1.82, 2.24) is 25.1 Å². The van der Waals surface area contributed by atoms with Gasteiger partial charge in [0, 0.05) is 23.9 Å². The quantitative estimate of drug-likeness (QED) is 0.690. The molecule has 4 rings (SSSR count). The Balaban J connectivity index is 1.36. The standard InChI is InChI=1S/C20H23N5O2S/c1-14-22-16(13-28-14)12-27-17-7-5-6-15(10-17)20(26)21-11-19-24-23-18-8-3-2-4-9-25(18)19/h5-7,10,13H,2-4,8-9,11-12H2,1H3,(H,21,26). The fourth-order valence-electron chi connectivity index (χ4n) is 3.30. The molecule has 0 spiro atoms. The zero-order chi connectivity index (χ0) is 19.3. The second-order valence-electron chi connectivity index (χ2n) is 6.85. The Morgan fingerprint density at radius 1 is 1.29 bits per heavy atom. The lowest BCUT2D eigenvalue weighted by Crippen LogP contribution is -2.25. The highest BCUT2D eigenvalue weighted by atomic mass is 32.1. The van der Waals surface area contributed by atoms with E-state index >= 15 is 0 Å². The third-order valence-electron chi connectivity index (χ3n) is 4.74. The minimum Gasteiger partial charge on any atom is -0.487 e. The first-order chi connectivity index (χ1) is 13.7. The van der Waals surface area contributed by atoms with Gasteiger partial charge in [0.05, 0.1) is 17.2 Å². The molecule has 0 fully saturated rings. The number of nitrogens with one attached hydrogen (secondary N) is 1. The van der Waals surface area contributed by atoms with Crippen LogP contribution < -0.4 is 10.1 Å². The Morgan fingerprint density at radius 2 is 2.21 bits per heavy atom. The number of hydrogen-bond donors (Lipinski definition) is 1. The van der Waals surface area contributed by atoms with Gasteiger partial charge in [-0.1, -0.05) is 12.5 Å². The zero-order valence-corrected chi connectivity index (χ0v) is 16.7. The molecule has 1 N–H and O–H groups in total. The van der Waals surface area contributed by atoms with Crippen molar-refractivity contribution in [3.05, 3.63) is 57.6 Å². The van der Waals surface area contributed by atoms with Crippen molar-refractivity contribution < 1.29 is 9.53 Å². The fraction of sp³-hybridized carbons (Fsp3) is 0.400. The van der Waals surface area contributed by atoms with Gasteiger partial charge >= 0.3 is 0 Å². The van der Waals surface area contributed by atoms with Crippen LogP contribution in [-0.2, 0) is 26.1 Å². The molecule has 0 radical (unpaired) electrons. The largest absolute Gasteiger partial charge is 0.487 e. The van der Waals surface area contributed by atoms with Gasteiger partial charge in [-0.25, -0.2) is 4.98 Å². The van der Waals surface area contributed by atoms with E-state index in [2.05, 4.69) is 25.1 Å². The number of aryl methyl sites for hydroxylation is 2. The molecule has 2 aromatic heterocycles. The maximum Gasteiger partial charge on any atom is 0.251 e. The minimum atomic E-state index is -0.152. The first-order valence-corrected chi connectivity index (χ1v) is 10.4. The zero-order valence-electron chi connectivity index (χ0n) is 15.9. The van der Waals surface area contributed by atoms with E-state index in [9.17, 15) is 4.79 Å². The van der Waals surface area contributed by atoms with E-state index in [4.69, 9.17) is 4.74 Å². The second kappa shape index (κ2) is 8.52. The summed E-state index contributed by atoms with van der Waals surface area (Å²) >= 11 is 1.60. The molecule has 0 unspecified atom stereocenters. The molecular weight excluding hydrogens is 374 g/mol. The van der Waals surface area contributed by atoms with E-state index in [-0.39, 0.29) is 5.91 Å². The van der Waals surface area contributed by atoms with Gasteiger partial charge in [0.2, 0.25) is 0 Å². The van der Waals surface area contributed by atoms with Gasteiger partial charge in [-0.05, 0) is 38.0 Å². The summed E-state index contributed by atoms with van der Waals surface area (Å²) in [6.07, 6.45) is 4.45. The Morgan fingerprint density at radius 3 is 3.07 bits per heavy atom. The van der Waals surface area contributed by atoms with Gasteiger partial charge in [-0.3, -0.25) is 4.79 Å². The lowest BCUT2D eigenvalue weighted by Gasteiger charge is -2.09. The normalized spacial score (nSPS) is 13.6. The molecule has 146 valence electrons. The van der Waals surface area contributed by atoms with Gasteiger partial charge in [0.1, 0.15) is 18.2 Å². The number of nitrogens with zero attached hydrogens (tertiary/aromatic N) is 4. The Bertz CT molecular complexity index is 965. The SMILES string of the molecule is Cc1nc(COc2cccc(C(=O)NCc3nnc4n3CCCCC4)c2)cs1. The number of thiazole rings is 1. The van der Waals surface area contributed by atoms with Gasteiger partial charge in [0.25, 0.3) is 5.91 Å². The van der Waals surface area contributed by atoms with Crippen molar-refractivity contribution in [3.8, 4) is 5.75 Å². The van der Waals surface area contributed by atoms with E-state index in [0.717, 1.165) is 48.2 Å². The highest BCUT2D eigenvalue weighted by molar-refractivity contribution is 7.09. The van der Waals surface area contributed by atoms with Crippen LogP contribution in [0.2, 0.25) is 0 Å². The first-order valence-electron chi connectivity index (χ1n) is 9.52. The molecule has 0 aliphatic carbocycles. The monoisotopic (exact) mass is 397 g/mol. The number of hydrogen-bond acceptors (Lipinski definition) is 6. The molecule has 0 saturated heterocycles.